The van der Waals surface area contributed by atoms with E-state index in [9.17, 15) is 30.3 Å². The summed E-state index contributed by atoms with van der Waals surface area (Å²) >= 11 is 0. The van der Waals surface area contributed by atoms with Crippen LogP contribution in [0.3, 0.4) is 0 Å². The molecule has 5 N–H and O–H groups in total. The summed E-state index contributed by atoms with van der Waals surface area (Å²) in [6.07, 6.45) is -9.75. The first kappa shape index (κ1) is 45.6. The van der Waals surface area contributed by atoms with Crippen LogP contribution in [0.2, 0.25) is 0 Å². The number of benzene rings is 1. The molecule has 2 aliphatic rings. The third-order valence-corrected chi connectivity index (χ3v) is 10.1. The van der Waals surface area contributed by atoms with Gasteiger partial charge in [0.25, 0.3) is 0 Å². The minimum absolute atomic E-state index is 0.0436. The molecule has 1 aromatic rings. The zero-order chi connectivity index (χ0) is 39.9. The molecule has 0 saturated carbocycles. The van der Waals surface area contributed by atoms with Crippen molar-refractivity contribution in [1.29, 1.82) is 0 Å². The standard InChI is InChI=1S/C39H67NO13/c1-36(2,3)52-26(23-41)29(42)30(43)28(35(46)40(10)22-24-15-13-12-14-16-24)38(6,7)50-18-17-37(4,5)53-33-25(21-27-48-19-20-49-27)51-34(32(45)31(33)44)39(8,9)47-11/h12-16,25-34,41-45H,17-23H2,1-11H3/t25?,26-,28?,29?,30?,31?,32?,33-,34?/m1/s1. The fraction of sp³-hybridized carbons (Fsp3) is 0.821. The fourth-order valence-electron chi connectivity index (χ4n) is 6.89. The van der Waals surface area contributed by atoms with Crippen LogP contribution in [0.4, 0.5) is 0 Å². The van der Waals surface area contributed by atoms with Crippen LogP contribution in [0.25, 0.3) is 0 Å². The van der Waals surface area contributed by atoms with E-state index in [1.165, 1.54) is 12.0 Å². The van der Waals surface area contributed by atoms with Crippen molar-refractivity contribution in [3.63, 3.8) is 0 Å². The summed E-state index contributed by atoms with van der Waals surface area (Å²) in [5.41, 5.74) is -3.09. The van der Waals surface area contributed by atoms with Crippen molar-refractivity contribution in [3.8, 4) is 0 Å². The summed E-state index contributed by atoms with van der Waals surface area (Å²) in [5, 5.41) is 55.7. The van der Waals surface area contributed by atoms with Crippen molar-refractivity contribution >= 4 is 5.91 Å². The number of carbonyl (C=O) groups excluding carboxylic acids is 1. The SMILES string of the molecule is COC(C)(C)C1OC(CC2OCCO2)[C@@H](OC(C)(C)CCOC(C)(C)C(C(=O)N(C)Cc2ccccc2)C(O)C(O)[C@@H](CO)OC(C)(C)C)C(O)C1O. The minimum Gasteiger partial charge on any atom is -0.394 e. The van der Waals surface area contributed by atoms with Crippen molar-refractivity contribution in [2.75, 3.05) is 40.6 Å². The second-order valence-electron chi connectivity index (χ2n) is 16.9. The molecular weight excluding hydrogens is 690 g/mol. The molecule has 0 bridgehead atoms. The van der Waals surface area contributed by atoms with Gasteiger partial charge in [-0.15, -0.1) is 0 Å². The summed E-state index contributed by atoms with van der Waals surface area (Å²) in [7, 11) is 3.13. The summed E-state index contributed by atoms with van der Waals surface area (Å²) in [6, 6.07) is 9.38. The maximum atomic E-state index is 14.2. The molecule has 1 amide bonds. The van der Waals surface area contributed by atoms with Crippen LogP contribution >= 0.6 is 0 Å². The molecule has 7 unspecified atom stereocenters. The molecule has 3 rings (SSSR count). The van der Waals surface area contributed by atoms with Gasteiger partial charge in [0.2, 0.25) is 5.91 Å². The van der Waals surface area contributed by atoms with Gasteiger partial charge in [-0.25, -0.2) is 0 Å². The van der Waals surface area contributed by atoms with E-state index in [2.05, 4.69) is 0 Å². The first-order valence-electron chi connectivity index (χ1n) is 18.6. The maximum absolute atomic E-state index is 14.2. The second kappa shape index (κ2) is 18.9. The van der Waals surface area contributed by atoms with Gasteiger partial charge < -0.3 is 63.6 Å². The lowest BCUT2D eigenvalue weighted by molar-refractivity contribution is -0.295. The van der Waals surface area contributed by atoms with E-state index in [4.69, 9.17) is 33.2 Å². The van der Waals surface area contributed by atoms with E-state index < -0.39 is 96.0 Å². The number of aliphatic hydroxyl groups excluding tert-OH is 5. The van der Waals surface area contributed by atoms with Crippen LogP contribution in [0.1, 0.15) is 80.7 Å². The summed E-state index contributed by atoms with van der Waals surface area (Å²) < 4.78 is 42.0. The van der Waals surface area contributed by atoms with Crippen LogP contribution in [0.15, 0.2) is 30.3 Å². The third-order valence-electron chi connectivity index (χ3n) is 10.1. The predicted molar refractivity (Wildman–Crippen MR) is 196 cm³/mol. The summed E-state index contributed by atoms with van der Waals surface area (Å²) in [6.45, 7) is 16.4. The molecule has 53 heavy (non-hydrogen) atoms. The number of aliphatic hydroxyl groups is 5. The summed E-state index contributed by atoms with van der Waals surface area (Å²) in [4.78, 5) is 15.6. The molecule has 0 aliphatic carbocycles. The van der Waals surface area contributed by atoms with Crippen molar-refractivity contribution in [2.24, 2.45) is 5.92 Å². The van der Waals surface area contributed by atoms with Gasteiger partial charge >= 0.3 is 0 Å². The van der Waals surface area contributed by atoms with Crippen LogP contribution < -0.4 is 0 Å². The molecule has 14 nitrogen and oxygen atoms in total. The largest absolute Gasteiger partial charge is 0.394 e. The molecule has 2 heterocycles. The Kier molecular flexibility index (Phi) is 16.3. The predicted octanol–water partition coefficient (Wildman–Crippen LogP) is 2.19. The molecule has 0 spiro atoms. The number of rotatable bonds is 19. The Labute approximate surface area is 315 Å². The smallest absolute Gasteiger partial charge is 0.231 e. The number of methoxy groups -OCH3 is 1. The highest BCUT2D eigenvalue weighted by molar-refractivity contribution is 5.80. The number of hydrogen-bond acceptors (Lipinski definition) is 13. The Morgan fingerprint density at radius 2 is 1.55 bits per heavy atom. The lowest BCUT2D eigenvalue weighted by Crippen LogP contribution is -2.65. The Balaban J connectivity index is 1.81. The van der Waals surface area contributed by atoms with Gasteiger partial charge in [-0.3, -0.25) is 4.79 Å². The molecule has 1 aromatic carbocycles. The first-order chi connectivity index (χ1) is 24.5. The van der Waals surface area contributed by atoms with Crippen LogP contribution in [0, 0.1) is 5.92 Å². The normalized spacial score (nSPS) is 25.9. The van der Waals surface area contributed by atoms with Crippen molar-refractivity contribution < 1.29 is 63.5 Å². The van der Waals surface area contributed by atoms with Gasteiger partial charge in [0.05, 0.1) is 67.0 Å². The molecule has 2 saturated heterocycles. The van der Waals surface area contributed by atoms with Gasteiger partial charge in [0.1, 0.15) is 36.6 Å². The monoisotopic (exact) mass is 757 g/mol. The highest BCUT2D eigenvalue weighted by atomic mass is 16.7. The van der Waals surface area contributed by atoms with Crippen molar-refractivity contribution in [1.82, 2.24) is 4.90 Å². The van der Waals surface area contributed by atoms with E-state index in [1.54, 1.807) is 55.5 Å². The average Bonchev–Trinajstić information content (AvgIpc) is 3.59. The van der Waals surface area contributed by atoms with Crippen molar-refractivity contribution in [3.05, 3.63) is 35.9 Å². The van der Waals surface area contributed by atoms with E-state index in [0.29, 0.717) is 13.2 Å². The topological polar surface area (TPSA) is 186 Å². The number of carbonyl (C=O) groups is 1. The van der Waals surface area contributed by atoms with Crippen molar-refractivity contribution in [2.45, 2.75) is 159 Å². The molecule has 2 aliphatic heterocycles. The number of hydrogen-bond donors (Lipinski definition) is 5. The Bertz CT molecular complexity index is 1250. The number of ether oxygens (including phenoxy) is 7. The van der Waals surface area contributed by atoms with Gasteiger partial charge in [0.15, 0.2) is 6.29 Å². The Morgan fingerprint density at radius 3 is 2.09 bits per heavy atom. The molecular formula is C39H67NO13. The third kappa shape index (κ3) is 12.6. The van der Waals surface area contributed by atoms with Gasteiger partial charge in [-0.05, 0) is 74.3 Å². The quantitative estimate of drug-likeness (QED) is 0.139. The summed E-state index contributed by atoms with van der Waals surface area (Å²) in [5.74, 6) is -1.76. The van der Waals surface area contributed by atoms with Crippen LogP contribution in [-0.2, 0) is 44.5 Å². The highest BCUT2D eigenvalue weighted by Crippen LogP contribution is 2.37. The Morgan fingerprint density at radius 1 is 0.943 bits per heavy atom. The lowest BCUT2D eigenvalue weighted by atomic mass is 9.81. The van der Waals surface area contributed by atoms with Gasteiger partial charge in [0, 0.05) is 27.1 Å². The van der Waals surface area contributed by atoms with E-state index in [0.717, 1.165) is 5.56 Å². The Hall–Kier alpha value is -1.79. The highest BCUT2D eigenvalue weighted by Gasteiger charge is 2.53. The molecule has 14 heteroatoms. The van der Waals surface area contributed by atoms with Crippen LogP contribution in [0.5, 0.6) is 0 Å². The molecule has 2 fully saturated rings. The van der Waals surface area contributed by atoms with Gasteiger partial charge in [-0.2, -0.15) is 0 Å². The molecule has 0 radical (unpaired) electrons. The fourth-order valence-corrected chi connectivity index (χ4v) is 6.89. The van der Waals surface area contributed by atoms with E-state index in [1.807, 2.05) is 44.2 Å². The maximum Gasteiger partial charge on any atom is 0.231 e. The second-order valence-corrected chi connectivity index (χ2v) is 16.9. The zero-order valence-corrected chi connectivity index (χ0v) is 33.6. The van der Waals surface area contributed by atoms with Crippen LogP contribution in [-0.4, -0.2) is 154 Å². The van der Waals surface area contributed by atoms with E-state index in [-0.39, 0.29) is 26.0 Å². The number of amides is 1. The first-order valence-corrected chi connectivity index (χ1v) is 18.6. The number of nitrogens with zero attached hydrogens (tertiary/aromatic N) is 1. The molecule has 306 valence electrons. The minimum atomic E-state index is -1.68. The molecule has 0 aromatic heterocycles. The van der Waals surface area contributed by atoms with E-state index >= 15 is 0 Å². The van der Waals surface area contributed by atoms with Gasteiger partial charge in [-0.1, -0.05) is 30.3 Å². The molecule has 9 atom stereocenters. The zero-order valence-electron chi connectivity index (χ0n) is 33.6. The lowest BCUT2D eigenvalue weighted by Gasteiger charge is -2.49. The average molecular weight is 758 g/mol.